The number of carboxylic acid groups (broad SMARTS) is 1. The quantitative estimate of drug-likeness (QED) is 0.761. The number of morpholine rings is 1. The van der Waals surface area contributed by atoms with Gasteiger partial charge in [-0.1, -0.05) is 0 Å². The highest BCUT2D eigenvalue weighted by Crippen LogP contribution is 2.16. The maximum atomic E-state index is 13.6. The fraction of sp³-hybridized carbons (Fsp3) is 0.385. The molecule has 0 spiro atoms. The van der Waals surface area contributed by atoms with Gasteiger partial charge in [0.05, 0.1) is 30.4 Å². The Morgan fingerprint density at radius 1 is 1.50 bits per heavy atom. The molecule has 0 bridgehead atoms. The molecule has 1 amide bonds. The number of benzene rings is 1. The zero-order chi connectivity index (χ0) is 14.5. The molecular formula is C13H15FN2O4. The van der Waals surface area contributed by atoms with E-state index in [1.165, 1.54) is 12.1 Å². The monoisotopic (exact) mass is 282 g/mol. The predicted molar refractivity (Wildman–Crippen MR) is 69.2 cm³/mol. The summed E-state index contributed by atoms with van der Waals surface area (Å²) >= 11 is 0. The molecule has 1 unspecified atom stereocenters. The van der Waals surface area contributed by atoms with E-state index in [9.17, 15) is 14.0 Å². The lowest BCUT2D eigenvalue weighted by molar-refractivity contribution is -0.119. The van der Waals surface area contributed by atoms with Crippen molar-refractivity contribution in [3.05, 3.63) is 29.6 Å². The number of ether oxygens (including phenoxy) is 1. The van der Waals surface area contributed by atoms with E-state index >= 15 is 0 Å². The van der Waals surface area contributed by atoms with E-state index in [0.717, 1.165) is 12.6 Å². The van der Waals surface area contributed by atoms with E-state index < -0.39 is 11.8 Å². The van der Waals surface area contributed by atoms with Gasteiger partial charge in [0.15, 0.2) is 0 Å². The molecular weight excluding hydrogens is 267 g/mol. The Kier molecular flexibility index (Phi) is 4.65. The molecule has 1 aromatic rings. The van der Waals surface area contributed by atoms with Crippen molar-refractivity contribution in [2.75, 3.05) is 25.0 Å². The molecule has 0 radical (unpaired) electrons. The lowest BCUT2D eigenvalue weighted by Gasteiger charge is -2.23. The van der Waals surface area contributed by atoms with E-state index in [2.05, 4.69) is 10.6 Å². The van der Waals surface area contributed by atoms with Crippen LogP contribution in [0.5, 0.6) is 0 Å². The minimum atomic E-state index is -1.22. The zero-order valence-corrected chi connectivity index (χ0v) is 10.7. The molecule has 1 atom stereocenters. The molecule has 0 saturated carbocycles. The number of anilines is 1. The molecule has 3 N–H and O–H groups in total. The Labute approximate surface area is 114 Å². The third-order valence-corrected chi connectivity index (χ3v) is 2.91. The average Bonchev–Trinajstić information content (AvgIpc) is 2.42. The van der Waals surface area contributed by atoms with E-state index in [-0.39, 0.29) is 29.7 Å². The fourth-order valence-electron chi connectivity index (χ4n) is 1.91. The molecule has 2 rings (SSSR count). The van der Waals surface area contributed by atoms with Crippen molar-refractivity contribution in [2.24, 2.45) is 0 Å². The van der Waals surface area contributed by atoms with Crippen LogP contribution >= 0.6 is 0 Å². The second-order valence-corrected chi connectivity index (χ2v) is 4.45. The molecule has 0 aromatic heterocycles. The van der Waals surface area contributed by atoms with Crippen molar-refractivity contribution in [2.45, 2.75) is 12.5 Å². The van der Waals surface area contributed by atoms with Crippen LogP contribution < -0.4 is 10.6 Å². The Bertz CT molecular complexity index is 515. The smallest absolute Gasteiger partial charge is 0.335 e. The minimum Gasteiger partial charge on any atom is -0.478 e. The first-order valence-corrected chi connectivity index (χ1v) is 6.21. The number of hydrogen-bond donors (Lipinski definition) is 3. The van der Waals surface area contributed by atoms with Crippen molar-refractivity contribution in [1.82, 2.24) is 5.32 Å². The number of amides is 1. The van der Waals surface area contributed by atoms with Gasteiger partial charge in [-0.2, -0.15) is 0 Å². The molecule has 1 heterocycles. The first kappa shape index (κ1) is 14.4. The summed E-state index contributed by atoms with van der Waals surface area (Å²) in [7, 11) is 0. The van der Waals surface area contributed by atoms with Gasteiger partial charge in [-0.05, 0) is 18.2 Å². The summed E-state index contributed by atoms with van der Waals surface area (Å²) in [5, 5.41) is 14.2. The normalized spacial score (nSPS) is 18.6. The highest BCUT2D eigenvalue weighted by molar-refractivity contribution is 5.92. The summed E-state index contributed by atoms with van der Waals surface area (Å²) in [6.45, 7) is 1.87. The lowest BCUT2D eigenvalue weighted by atomic mass is 10.2. The topological polar surface area (TPSA) is 87.7 Å². The number of hydrogen-bond acceptors (Lipinski definition) is 4. The molecule has 1 fully saturated rings. The van der Waals surface area contributed by atoms with Gasteiger partial charge in [-0.3, -0.25) is 4.79 Å². The predicted octanol–water partition coefficient (Wildman–Crippen LogP) is 0.841. The summed E-state index contributed by atoms with van der Waals surface area (Å²) in [4.78, 5) is 22.4. The molecule has 0 aliphatic carbocycles. The number of carbonyl (C=O) groups excluding carboxylic acids is 1. The maximum absolute atomic E-state index is 13.6. The Hall–Kier alpha value is -1.99. The van der Waals surface area contributed by atoms with Gasteiger partial charge >= 0.3 is 5.97 Å². The van der Waals surface area contributed by atoms with E-state index in [1.54, 1.807) is 0 Å². The highest BCUT2D eigenvalue weighted by Gasteiger charge is 2.18. The average molecular weight is 282 g/mol. The molecule has 108 valence electrons. The van der Waals surface area contributed by atoms with Gasteiger partial charge in [0.2, 0.25) is 5.91 Å². The van der Waals surface area contributed by atoms with Gasteiger partial charge < -0.3 is 20.5 Å². The maximum Gasteiger partial charge on any atom is 0.335 e. The van der Waals surface area contributed by atoms with Crippen molar-refractivity contribution >= 4 is 17.6 Å². The third kappa shape index (κ3) is 3.75. The minimum absolute atomic E-state index is 0.0382. The zero-order valence-electron chi connectivity index (χ0n) is 10.7. The Balaban J connectivity index is 1.95. The first-order valence-electron chi connectivity index (χ1n) is 6.21. The Morgan fingerprint density at radius 2 is 2.30 bits per heavy atom. The summed E-state index contributed by atoms with van der Waals surface area (Å²) in [6.07, 6.45) is -0.113. The van der Waals surface area contributed by atoms with Crippen LogP contribution in [0.15, 0.2) is 18.2 Å². The summed E-state index contributed by atoms with van der Waals surface area (Å²) in [6, 6.07) is 3.34. The third-order valence-electron chi connectivity index (χ3n) is 2.91. The molecule has 6 nitrogen and oxygen atoms in total. The van der Waals surface area contributed by atoms with Crippen LogP contribution in [0, 0.1) is 5.82 Å². The van der Waals surface area contributed by atoms with Gasteiger partial charge in [0.1, 0.15) is 5.82 Å². The number of rotatable bonds is 4. The standard InChI is InChI=1S/C13H15FN2O4/c14-10-5-8(13(18)19)1-2-11(10)16-12(17)6-9-7-15-3-4-20-9/h1-2,5,9,15H,3-4,6-7H2,(H,16,17)(H,18,19). The largest absolute Gasteiger partial charge is 0.478 e. The first-order chi connectivity index (χ1) is 9.56. The molecule has 1 aliphatic heterocycles. The lowest BCUT2D eigenvalue weighted by Crippen LogP contribution is -2.40. The van der Waals surface area contributed by atoms with Crippen LogP contribution in [-0.4, -0.2) is 42.8 Å². The highest BCUT2D eigenvalue weighted by atomic mass is 19.1. The van der Waals surface area contributed by atoms with Crippen LogP contribution in [0.2, 0.25) is 0 Å². The number of aromatic carboxylic acids is 1. The fourth-order valence-corrected chi connectivity index (χ4v) is 1.91. The van der Waals surface area contributed by atoms with Crippen LogP contribution in [0.4, 0.5) is 10.1 Å². The summed E-state index contributed by atoms with van der Waals surface area (Å²) < 4.78 is 19.0. The molecule has 20 heavy (non-hydrogen) atoms. The number of nitrogens with one attached hydrogen (secondary N) is 2. The SMILES string of the molecule is O=C(CC1CNCCO1)Nc1ccc(C(=O)O)cc1F. The van der Waals surface area contributed by atoms with E-state index in [0.29, 0.717) is 13.2 Å². The van der Waals surface area contributed by atoms with Crippen LogP contribution in [-0.2, 0) is 9.53 Å². The van der Waals surface area contributed by atoms with Crippen molar-refractivity contribution in [3.8, 4) is 0 Å². The van der Waals surface area contributed by atoms with Crippen LogP contribution in [0.25, 0.3) is 0 Å². The van der Waals surface area contributed by atoms with Gasteiger partial charge in [0.25, 0.3) is 0 Å². The molecule has 1 aromatic carbocycles. The summed E-state index contributed by atoms with van der Waals surface area (Å²) in [5.74, 6) is -2.37. The van der Waals surface area contributed by atoms with Gasteiger partial charge in [0, 0.05) is 13.1 Å². The van der Waals surface area contributed by atoms with Gasteiger partial charge in [-0.15, -0.1) is 0 Å². The molecule has 7 heteroatoms. The number of halogens is 1. The second kappa shape index (κ2) is 6.44. The summed E-state index contributed by atoms with van der Waals surface area (Å²) in [5.41, 5.74) is -0.205. The molecule has 1 aliphatic rings. The number of carboxylic acids is 1. The Morgan fingerprint density at radius 3 is 2.90 bits per heavy atom. The molecule has 1 saturated heterocycles. The van der Waals surface area contributed by atoms with Gasteiger partial charge in [-0.25, -0.2) is 9.18 Å². The van der Waals surface area contributed by atoms with E-state index in [1.807, 2.05) is 0 Å². The van der Waals surface area contributed by atoms with Crippen LogP contribution in [0.3, 0.4) is 0 Å². The van der Waals surface area contributed by atoms with Crippen molar-refractivity contribution in [3.63, 3.8) is 0 Å². The van der Waals surface area contributed by atoms with E-state index in [4.69, 9.17) is 9.84 Å². The van der Waals surface area contributed by atoms with Crippen LogP contribution in [0.1, 0.15) is 16.8 Å². The van der Waals surface area contributed by atoms with Crippen molar-refractivity contribution in [1.29, 1.82) is 0 Å². The van der Waals surface area contributed by atoms with Crippen molar-refractivity contribution < 1.29 is 23.8 Å². The number of carbonyl (C=O) groups is 2. The second-order valence-electron chi connectivity index (χ2n) is 4.45.